The summed E-state index contributed by atoms with van der Waals surface area (Å²) in [4.78, 5) is 19.6. The van der Waals surface area contributed by atoms with Crippen LogP contribution in [0.5, 0.6) is 6.01 Å². The minimum absolute atomic E-state index is 0.195. The Hall–Kier alpha value is -2.43. The highest BCUT2D eigenvalue weighted by atomic mass is 16.5. The number of carbonyl (C=O) groups excluding carboxylic acids is 1. The molecule has 0 aliphatic rings. The van der Waals surface area contributed by atoms with Gasteiger partial charge in [-0.3, -0.25) is 4.79 Å². The van der Waals surface area contributed by atoms with Gasteiger partial charge < -0.3 is 10.1 Å². The summed E-state index contributed by atoms with van der Waals surface area (Å²) < 4.78 is 4.82. The molecule has 1 aromatic heterocycles. The van der Waals surface area contributed by atoms with Crippen molar-refractivity contribution >= 4 is 11.6 Å². The van der Waals surface area contributed by atoms with Crippen LogP contribution >= 0.6 is 0 Å². The SMILES string of the molecule is COc1ncc(NC(=O)c2ccccc2)cn1. The Bertz CT molecular complexity index is 497. The molecule has 0 unspecified atom stereocenters. The van der Waals surface area contributed by atoms with Crippen LogP contribution in [0.4, 0.5) is 5.69 Å². The smallest absolute Gasteiger partial charge is 0.316 e. The van der Waals surface area contributed by atoms with Crippen LogP contribution in [0.2, 0.25) is 0 Å². The number of anilines is 1. The second kappa shape index (κ2) is 5.07. The Balaban J connectivity index is 2.08. The lowest BCUT2D eigenvalue weighted by Crippen LogP contribution is -2.12. The van der Waals surface area contributed by atoms with Crippen molar-refractivity contribution in [1.82, 2.24) is 9.97 Å². The molecule has 2 rings (SSSR count). The molecule has 0 spiro atoms. The quantitative estimate of drug-likeness (QED) is 0.870. The summed E-state index contributed by atoms with van der Waals surface area (Å²) in [7, 11) is 1.48. The number of ether oxygens (including phenoxy) is 1. The first-order valence-electron chi connectivity index (χ1n) is 5.02. The number of nitrogens with one attached hydrogen (secondary N) is 1. The molecule has 0 saturated carbocycles. The Kier molecular flexibility index (Phi) is 3.30. The van der Waals surface area contributed by atoms with Crippen molar-refractivity contribution in [3.05, 3.63) is 48.3 Å². The molecular formula is C12H11N3O2. The van der Waals surface area contributed by atoms with E-state index < -0.39 is 0 Å². The maximum absolute atomic E-state index is 11.8. The molecule has 0 saturated heterocycles. The van der Waals surface area contributed by atoms with Crippen LogP contribution in [0, 0.1) is 0 Å². The van der Waals surface area contributed by atoms with E-state index in [1.54, 1.807) is 24.3 Å². The molecule has 0 fully saturated rings. The van der Waals surface area contributed by atoms with E-state index in [-0.39, 0.29) is 11.9 Å². The summed E-state index contributed by atoms with van der Waals surface area (Å²) >= 11 is 0. The van der Waals surface area contributed by atoms with Gasteiger partial charge in [0.25, 0.3) is 5.91 Å². The molecule has 0 radical (unpaired) electrons. The van der Waals surface area contributed by atoms with Crippen molar-refractivity contribution in [3.8, 4) is 6.01 Å². The van der Waals surface area contributed by atoms with Gasteiger partial charge in [0, 0.05) is 5.56 Å². The number of benzene rings is 1. The second-order valence-electron chi connectivity index (χ2n) is 3.28. The highest BCUT2D eigenvalue weighted by Gasteiger charge is 2.05. The normalized spacial score (nSPS) is 9.71. The molecule has 0 bridgehead atoms. The fraction of sp³-hybridized carbons (Fsp3) is 0.0833. The van der Waals surface area contributed by atoms with Crippen molar-refractivity contribution < 1.29 is 9.53 Å². The molecule has 1 N–H and O–H groups in total. The third-order valence-electron chi connectivity index (χ3n) is 2.10. The monoisotopic (exact) mass is 229 g/mol. The van der Waals surface area contributed by atoms with E-state index in [1.807, 2.05) is 6.07 Å². The summed E-state index contributed by atoms with van der Waals surface area (Å²) in [5.74, 6) is -0.195. The minimum Gasteiger partial charge on any atom is -0.467 e. The van der Waals surface area contributed by atoms with Crippen LogP contribution in [-0.2, 0) is 0 Å². The highest BCUT2D eigenvalue weighted by molar-refractivity contribution is 6.04. The van der Waals surface area contributed by atoms with Crippen molar-refractivity contribution in [2.75, 3.05) is 12.4 Å². The summed E-state index contributed by atoms with van der Waals surface area (Å²) in [6.07, 6.45) is 2.99. The van der Waals surface area contributed by atoms with Crippen molar-refractivity contribution in [1.29, 1.82) is 0 Å². The maximum atomic E-state index is 11.8. The van der Waals surface area contributed by atoms with Gasteiger partial charge >= 0.3 is 6.01 Å². The molecule has 1 aromatic carbocycles. The molecule has 0 aliphatic heterocycles. The Labute approximate surface area is 98.5 Å². The van der Waals surface area contributed by atoms with Gasteiger partial charge in [-0.2, -0.15) is 0 Å². The second-order valence-corrected chi connectivity index (χ2v) is 3.28. The van der Waals surface area contributed by atoms with E-state index in [0.717, 1.165) is 0 Å². The van der Waals surface area contributed by atoms with E-state index in [0.29, 0.717) is 11.3 Å². The van der Waals surface area contributed by atoms with Crippen molar-refractivity contribution in [2.45, 2.75) is 0 Å². The zero-order valence-corrected chi connectivity index (χ0v) is 9.25. The predicted octanol–water partition coefficient (Wildman–Crippen LogP) is 1.74. The van der Waals surface area contributed by atoms with Crippen LogP contribution < -0.4 is 10.1 Å². The fourth-order valence-electron chi connectivity index (χ4n) is 1.28. The third-order valence-corrected chi connectivity index (χ3v) is 2.10. The average molecular weight is 229 g/mol. The van der Waals surface area contributed by atoms with E-state index in [1.165, 1.54) is 19.5 Å². The lowest BCUT2D eigenvalue weighted by atomic mass is 10.2. The fourth-order valence-corrected chi connectivity index (χ4v) is 1.28. The molecule has 1 amide bonds. The molecule has 0 aliphatic carbocycles. The van der Waals surface area contributed by atoms with Gasteiger partial charge in [-0.05, 0) is 12.1 Å². The van der Waals surface area contributed by atoms with Gasteiger partial charge in [0.15, 0.2) is 0 Å². The van der Waals surface area contributed by atoms with Gasteiger partial charge in [-0.1, -0.05) is 18.2 Å². The number of methoxy groups -OCH3 is 1. The first-order chi connectivity index (χ1) is 8.29. The molecule has 17 heavy (non-hydrogen) atoms. The van der Waals surface area contributed by atoms with Gasteiger partial charge in [0.2, 0.25) is 0 Å². The van der Waals surface area contributed by atoms with Gasteiger partial charge in [-0.25, -0.2) is 9.97 Å². The average Bonchev–Trinajstić information content (AvgIpc) is 2.40. The van der Waals surface area contributed by atoms with E-state index in [2.05, 4.69) is 15.3 Å². The number of carbonyl (C=O) groups is 1. The largest absolute Gasteiger partial charge is 0.467 e. The van der Waals surface area contributed by atoms with Gasteiger partial charge in [0.05, 0.1) is 25.2 Å². The zero-order chi connectivity index (χ0) is 12.1. The molecule has 86 valence electrons. The Morgan fingerprint density at radius 3 is 2.41 bits per heavy atom. The highest BCUT2D eigenvalue weighted by Crippen LogP contribution is 2.09. The van der Waals surface area contributed by atoms with Crippen LogP contribution in [0.1, 0.15) is 10.4 Å². The number of hydrogen-bond acceptors (Lipinski definition) is 4. The third kappa shape index (κ3) is 2.78. The van der Waals surface area contributed by atoms with Crippen LogP contribution in [0.3, 0.4) is 0 Å². The number of amides is 1. The van der Waals surface area contributed by atoms with E-state index >= 15 is 0 Å². The van der Waals surface area contributed by atoms with E-state index in [4.69, 9.17) is 4.74 Å². The topological polar surface area (TPSA) is 64.1 Å². The first kappa shape index (κ1) is 11.1. The summed E-state index contributed by atoms with van der Waals surface area (Å²) in [6, 6.07) is 9.20. The lowest BCUT2D eigenvalue weighted by Gasteiger charge is -2.04. The van der Waals surface area contributed by atoms with Gasteiger partial charge in [-0.15, -0.1) is 0 Å². The van der Waals surface area contributed by atoms with E-state index in [9.17, 15) is 4.79 Å². The maximum Gasteiger partial charge on any atom is 0.316 e. The number of hydrogen-bond donors (Lipinski definition) is 1. The molecule has 5 nitrogen and oxygen atoms in total. The first-order valence-corrected chi connectivity index (χ1v) is 5.02. The molecule has 0 atom stereocenters. The molecule has 1 heterocycles. The van der Waals surface area contributed by atoms with Crippen LogP contribution in [0.25, 0.3) is 0 Å². The summed E-state index contributed by atoms with van der Waals surface area (Å²) in [5.41, 5.74) is 1.11. The molecular weight excluding hydrogens is 218 g/mol. The summed E-state index contributed by atoms with van der Waals surface area (Å²) in [5, 5.41) is 2.69. The summed E-state index contributed by atoms with van der Waals surface area (Å²) in [6.45, 7) is 0. The zero-order valence-electron chi connectivity index (χ0n) is 9.25. The number of aromatic nitrogens is 2. The van der Waals surface area contributed by atoms with Crippen molar-refractivity contribution in [3.63, 3.8) is 0 Å². The number of nitrogens with zero attached hydrogens (tertiary/aromatic N) is 2. The number of rotatable bonds is 3. The Morgan fingerprint density at radius 1 is 1.18 bits per heavy atom. The lowest BCUT2D eigenvalue weighted by molar-refractivity contribution is 0.102. The molecule has 2 aromatic rings. The predicted molar refractivity (Wildman–Crippen MR) is 63.0 cm³/mol. The van der Waals surface area contributed by atoms with Gasteiger partial charge in [0.1, 0.15) is 0 Å². The van der Waals surface area contributed by atoms with Crippen molar-refractivity contribution in [2.24, 2.45) is 0 Å². The minimum atomic E-state index is -0.195. The standard InChI is InChI=1S/C12H11N3O2/c1-17-12-13-7-10(8-14-12)15-11(16)9-5-3-2-4-6-9/h2-8H,1H3,(H,15,16). The Morgan fingerprint density at radius 2 is 1.82 bits per heavy atom. The molecule has 5 heteroatoms. The van der Waals surface area contributed by atoms with Crippen LogP contribution in [0.15, 0.2) is 42.7 Å². The van der Waals surface area contributed by atoms with Crippen LogP contribution in [-0.4, -0.2) is 23.0 Å².